The average molecular weight is 417 g/mol. The maximum absolute atomic E-state index is 12.1. The van der Waals surface area contributed by atoms with Gasteiger partial charge in [0.1, 0.15) is 5.75 Å². The predicted molar refractivity (Wildman–Crippen MR) is 108 cm³/mol. The molecule has 0 radical (unpaired) electrons. The zero-order valence-corrected chi connectivity index (χ0v) is 16.5. The van der Waals surface area contributed by atoms with Gasteiger partial charge in [-0.3, -0.25) is 25.0 Å². The number of hydrogen-bond donors (Lipinski definition) is 2. The van der Waals surface area contributed by atoms with Crippen molar-refractivity contribution in [2.75, 3.05) is 12.9 Å². The van der Waals surface area contributed by atoms with Gasteiger partial charge in [0.15, 0.2) is 5.16 Å². The fraction of sp³-hybridized carbons (Fsp3) is 0.105. The number of hydrogen-bond acceptors (Lipinski definition) is 5. The first-order chi connectivity index (χ1) is 13.6. The van der Waals surface area contributed by atoms with E-state index in [-0.39, 0.29) is 11.7 Å². The molecule has 0 saturated carbocycles. The number of rotatable bonds is 6. The average Bonchev–Trinajstić information content (AvgIpc) is 3.19. The normalized spacial score (nSPS) is 10.4. The van der Waals surface area contributed by atoms with E-state index in [1.165, 1.54) is 11.8 Å². The van der Waals surface area contributed by atoms with E-state index in [4.69, 9.17) is 16.3 Å². The maximum atomic E-state index is 12.1. The first-order valence-electron chi connectivity index (χ1n) is 8.22. The van der Waals surface area contributed by atoms with Gasteiger partial charge in [-0.2, -0.15) is 0 Å². The summed E-state index contributed by atoms with van der Waals surface area (Å²) in [7, 11) is 1.55. The lowest BCUT2D eigenvalue weighted by molar-refractivity contribution is -0.119. The second-order valence-corrected chi connectivity index (χ2v) is 6.96. The highest BCUT2D eigenvalue weighted by Gasteiger charge is 2.11. The Morgan fingerprint density at radius 2 is 1.96 bits per heavy atom. The third kappa shape index (κ3) is 5.05. The molecule has 0 saturated heterocycles. The van der Waals surface area contributed by atoms with Crippen molar-refractivity contribution in [2.45, 2.75) is 5.16 Å². The van der Waals surface area contributed by atoms with Crippen LogP contribution in [-0.2, 0) is 4.79 Å². The number of amides is 2. The van der Waals surface area contributed by atoms with E-state index in [1.54, 1.807) is 49.8 Å². The van der Waals surface area contributed by atoms with Gasteiger partial charge in [-0.25, -0.2) is 4.98 Å². The molecule has 9 heteroatoms. The first kappa shape index (κ1) is 19.8. The van der Waals surface area contributed by atoms with Crippen LogP contribution in [0.2, 0.25) is 5.02 Å². The summed E-state index contributed by atoms with van der Waals surface area (Å²) in [6, 6.07) is 13.9. The zero-order chi connectivity index (χ0) is 19.9. The number of ether oxygens (including phenoxy) is 1. The molecule has 0 spiro atoms. The van der Waals surface area contributed by atoms with Crippen LogP contribution in [0, 0.1) is 0 Å². The topological polar surface area (TPSA) is 85.2 Å². The van der Waals surface area contributed by atoms with Crippen LogP contribution in [0.4, 0.5) is 0 Å². The molecule has 0 aliphatic carbocycles. The summed E-state index contributed by atoms with van der Waals surface area (Å²) >= 11 is 7.27. The number of nitrogens with zero attached hydrogens (tertiary/aromatic N) is 2. The fourth-order valence-electron chi connectivity index (χ4n) is 2.33. The van der Waals surface area contributed by atoms with Crippen molar-refractivity contribution in [1.29, 1.82) is 0 Å². The number of halogens is 1. The molecule has 144 valence electrons. The van der Waals surface area contributed by atoms with Gasteiger partial charge in [-0.1, -0.05) is 29.4 Å². The number of methoxy groups -OCH3 is 1. The number of benzene rings is 2. The predicted octanol–water partition coefficient (Wildman–Crippen LogP) is 3.09. The number of nitrogens with one attached hydrogen (secondary N) is 2. The van der Waals surface area contributed by atoms with Crippen molar-refractivity contribution in [1.82, 2.24) is 20.4 Å². The number of thioether (sulfide) groups is 1. The highest BCUT2D eigenvalue weighted by atomic mass is 35.5. The third-order valence-corrected chi connectivity index (χ3v) is 4.90. The first-order valence-corrected chi connectivity index (χ1v) is 9.58. The molecule has 1 heterocycles. The summed E-state index contributed by atoms with van der Waals surface area (Å²) in [5.41, 5.74) is 6.03. The van der Waals surface area contributed by atoms with Crippen LogP contribution in [-0.4, -0.2) is 34.2 Å². The lowest BCUT2D eigenvalue weighted by atomic mass is 10.2. The summed E-state index contributed by atoms with van der Waals surface area (Å²) in [5, 5.41) is 1.25. The van der Waals surface area contributed by atoms with Crippen LogP contribution in [0.5, 0.6) is 5.75 Å². The monoisotopic (exact) mass is 416 g/mol. The number of aromatic nitrogens is 2. The van der Waals surface area contributed by atoms with Crippen LogP contribution in [0.25, 0.3) is 5.69 Å². The van der Waals surface area contributed by atoms with E-state index >= 15 is 0 Å². The molecule has 0 aliphatic heterocycles. The summed E-state index contributed by atoms with van der Waals surface area (Å²) < 4.78 is 6.88. The van der Waals surface area contributed by atoms with Crippen molar-refractivity contribution in [3.05, 3.63) is 71.5 Å². The van der Waals surface area contributed by atoms with E-state index in [0.29, 0.717) is 21.5 Å². The number of carbonyl (C=O) groups is 2. The molecule has 0 fully saturated rings. The van der Waals surface area contributed by atoms with Gasteiger partial charge >= 0.3 is 0 Å². The van der Waals surface area contributed by atoms with Gasteiger partial charge in [0.2, 0.25) is 5.91 Å². The molecule has 2 amide bonds. The Bertz CT molecular complexity index is 975. The smallest absolute Gasteiger partial charge is 0.269 e. The molecule has 0 unspecified atom stereocenters. The molecular weight excluding hydrogens is 400 g/mol. The highest BCUT2D eigenvalue weighted by molar-refractivity contribution is 7.99. The zero-order valence-electron chi connectivity index (χ0n) is 14.9. The fourth-order valence-corrected chi connectivity index (χ4v) is 3.28. The molecule has 0 aliphatic rings. The van der Waals surface area contributed by atoms with Crippen molar-refractivity contribution in [3.8, 4) is 11.4 Å². The minimum atomic E-state index is -0.415. The van der Waals surface area contributed by atoms with E-state index < -0.39 is 5.91 Å². The second-order valence-electron chi connectivity index (χ2n) is 5.58. The Morgan fingerprint density at radius 1 is 1.18 bits per heavy atom. The quantitative estimate of drug-likeness (QED) is 0.476. The molecule has 2 N–H and O–H groups in total. The Balaban J connectivity index is 1.52. The van der Waals surface area contributed by atoms with Gasteiger partial charge in [0.25, 0.3) is 5.91 Å². The standard InChI is InChI=1S/C19H17ClN4O3S/c1-27-16-7-5-13(6-8-16)18(26)23-22-17(25)12-28-19-21-9-10-24(19)15-4-2-3-14(20)11-15/h2-11H,12H2,1H3,(H,22,25)(H,23,26). The molecule has 0 atom stereocenters. The Kier molecular flexibility index (Phi) is 6.57. The van der Waals surface area contributed by atoms with E-state index in [9.17, 15) is 9.59 Å². The van der Waals surface area contributed by atoms with E-state index in [1.807, 2.05) is 22.8 Å². The number of carbonyl (C=O) groups excluding carboxylic acids is 2. The summed E-state index contributed by atoms with van der Waals surface area (Å²) in [4.78, 5) is 28.4. The van der Waals surface area contributed by atoms with Gasteiger partial charge in [-0.05, 0) is 42.5 Å². The van der Waals surface area contributed by atoms with Crippen LogP contribution >= 0.6 is 23.4 Å². The lowest BCUT2D eigenvalue weighted by Gasteiger charge is -2.09. The third-order valence-electron chi connectivity index (χ3n) is 3.69. The lowest BCUT2D eigenvalue weighted by Crippen LogP contribution is -2.42. The second kappa shape index (κ2) is 9.29. The minimum absolute atomic E-state index is 0.0838. The molecular formula is C19H17ClN4O3S. The van der Waals surface area contributed by atoms with Crippen LogP contribution in [0.1, 0.15) is 10.4 Å². The summed E-state index contributed by atoms with van der Waals surface area (Å²) in [6.07, 6.45) is 3.43. The van der Waals surface area contributed by atoms with Crippen molar-refractivity contribution >= 4 is 35.2 Å². The minimum Gasteiger partial charge on any atom is -0.497 e. The van der Waals surface area contributed by atoms with E-state index in [0.717, 1.165) is 5.69 Å². The molecule has 7 nitrogen and oxygen atoms in total. The Hall–Kier alpha value is -2.97. The van der Waals surface area contributed by atoms with Gasteiger partial charge < -0.3 is 4.74 Å². The molecule has 3 rings (SSSR count). The van der Waals surface area contributed by atoms with Gasteiger partial charge in [-0.15, -0.1) is 0 Å². The van der Waals surface area contributed by atoms with Crippen molar-refractivity contribution in [2.24, 2.45) is 0 Å². The SMILES string of the molecule is COc1ccc(C(=O)NNC(=O)CSc2nccn2-c2cccc(Cl)c2)cc1. The number of hydrazine groups is 1. The van der Waals surface area contributed by atoms with Gasteiger partial charge in [0.05, 0.1) is 12.9 Å². The van der Waals surface area contributed by atoms with Crippen LogP contribution < -0.4 is 15.6 Å². The van der Waals surface area contributed by atoms with Crippen LogP contribution in [0.3, 0.4) is 0 Å². The summed E-state index contributed by atoms with van der Waals surface area (Å²) in [6.45, 7) is 0. The van der Waals surface area contributed by atoms with E-state index in [2.05, 4.69) is 15.8 Å². The molecule has 0 bridgehead atoms. The van der Waals surface area contributed by atoms with Crippen LogP contribution in [0.15, 0.2) is 66.1 Å². The van der Waals surface area contributed by atoms with Crippen molar-refractivity contribution < 1.29 is 14.3 Å². The molecule has 3 aromatic rings. The Morgan fingerprint density at radius 3 is 2.68 bits per heavy atom. The summed E-state index contributed by atoms with van der Waals surface area (Å²) in [5.74, 6) is -0.0402. The van der Waals surface area contributed by atoms with Gasteiger partial charge in [0, 0.05) is 28.7 Å². The molecule has 1 aromatic heterocycles. The highest BCUT2D eigenvalue weighted by Crippen LogP contribution is 2.22. The molecule has 2 aromatic carbocycles. The van der Waals surface area contributed by atoms with Crippen molar-refractivity contribution in [3.63, 3.8) is 0 Å². The molecule has 28 heavy (non-hydrogen) atoms. The number of imidazole rings is 1. The largest absolute Gasteiger partial charge is 0.497 e. The Labute approximate surface area is 171 Å². The maximum Gasteiger partial charge on any atom is 0.269 e.